The van der Waals surface area contributed by atoms with Crippen LogP contribution in [0.5, 0.6) is 5.75 Å². The molecule has 0 radical (unpaired) electrons. The average molecular weight is 780 g/mol. The summed E-state index contributed by atoms with van der Waals surface area (Å²) in [7, 11) is 0. The predicted octanol–water partition coefficient (Wildman–Crippen LogP) is 2.66. The Kier molecular flexibility index (Phi) is 13.2. The van der Waals surface area contributed by atoms with Crippen molar-refractivity contribution in [3.63, 3.8) is 0 Å². The first-order valence-corrected chi connectivity index (χ1v) is 19.7. The fourth-order valence-corrected chi connectivity index (χ4v) is 7.04. The number of rotatable bonds is 9. The summed E-state index contributed by atoms with van der Waals surface area (Å²) < 4.78 is 8.98. The lowest BCUT2D eigenvalue weighted by molar-refractivity contribution is -0.132. The average Bonchev–Trinajstić information content (AvgIpc) is 3.89. The highest BCUT2D eigenvalue weighted by molar-refractivity contribution is 5.92. The maximum Gasteiger partial charge on any atom is 0.348 e. The molecule has 0 spiro atoms. The molecule has 0 saturated heterocycles. The van der Waals surface area contributed by atoms with Crippen LogP contribution in [0.4, 0.5) is 0 Å². The molecule has 1 fully saturated rings. The van der Waals surface area contributed by atoms with Gasteiger partial charge in [0.25, 0.3) is 0 Å². The van der Waals surface area contributed by atoms with E-state index in [9.17, 15) is 24.0 Å². The van der Waals surface area contributed by atoms with Crippen LogP contribution < -0.4 is 31.7 Å². The molecule has 15 nitrogen and oxygen atoms in total. The van der Waals surface area contributed by atoms with Crippen LogP contribution in [-0.4, -0.2) is 72.7 Å². The largest absolute Gasteiger partial charge is 0.491 e. The van der Waals surface area contributed by atoms with E-state index in [0.29, 0.717) is 54.0 Å². The van der Waals surface area contributed by atoms with Gasteiger partial charge < -0.3 is 26.0 Å². The minimum Gasteiger partial charge on any atom is -0.491 e. The standard InChI is InChI=1S/C42H53N9O6/c1-25(2)17-32-24-57-33-15-13-30(14-16-33)20-35(46-37(52)22-50-27(4)18-26(3)43-42(50)56)41(55)44-28(5)40(54)47-34(19-29-9-7-6-8-10-29)39-48-36(21-31-11-12-31)49-51(39)23-38(53)45-32/h6-10,13-16,18,25,28,31-32,34-35H,11-12,17,19-24H2,1-5H3,(H,44,55)(H,45,53)(H,46,52)(H,47,54)/t28-,32+,34-,35+/m1/s1. The number of carbonyl (C=O) groups excluding carboxylic acids is 4. The topological polar surface area (TPSA) is 191 Å². The smallest absolute Gasteiger partial charge is 0.348 e. The summed E-state index contributed by atoms with van der Waals surface area (Å²) in [5.74, 6) is 0.465. The number of aromatic nitrogens is 5. The Morgan fingerprint density at radius 2 is 1.67 bits per heavy atom. The molecule has 1 saturated carbocycles. The van der Waals surface area contributed by atoms with Gasteiger partial charge in [0.15, 0.2) is 11.6 Å². The molecule has 3 aliphatic rings. The van der Waals surface area contributed by atoms with E-state index in [-0.39, 0.29) is 44.0 Å². The molecule has 15 heteroatoms. The molecular formula is C42H53N9O6. The number of nitrogens with one attached hydrogen (secondary N) is 4. The van der Waals surface area contributed by atoms with Gasteiger partial charge in [-0.05, 0) is 87.6 Å². The van der Waals surface area contributed by atoms with Gasteiger partial charge in [-0.1, -0.05) is 56.3 Å². The summed E-state index contributed by atoms with van der Waals surface area (Å²) in [6, 6.07) is 15.3. The normalized spacial score (nSPS) is 20.8. The van der Waals surface area contributed by atoms with Gasteiger partial charge in [0, 0.05) is 24.2 Å². The van der Waals surface area contributed by atoms with Crippen LogP contribution in [0.2, 0.25) is 0 Å². The predicted molar refractivity (Wildman–Crippen MR) is 212 cm³/mol. The Morgan fingerprint density at radius 3 is 2.35 bits per heavy atom. The molecule has 2 aromatic heterocycles. The van der Waals surface area contributed by atoms with Crippen molar-refractivity contribution in [1.29, 1.82) is 0 Å². The SMILES string of the molecule is Cc1cc(C)n(CC(=O)N[C@H]2Cc3ccc(cc3)OC[C@H](CC(C)C)NC(=O)Cn3nc(CC4CC4)nc3[C@@H](Cc3ccccc3)NC(=O)[C@@H](C)NC2=O)c(=O)n1. The molecule has 2 aliphatic heterocycles. The Bertz CT molecular complexity index is 2110. The van der Waals surface area contributed by atoms with Gasteiger partial charge in [0.05, 0.1) is 12.1 Å². The van der Waals surface area contributed by atoms with Crippen molar-refractivity contribution >= 4 is 23.6 Å². The lowest BCUT2D eigenvalue weighted by atomic mass is 10.0. The molecule has 2 bridgehead atoms. The number of benzene rings is 2. The third-order valence-corrected chi connectivity index (χ3v) is 10.1. The zero-order chi connectivity index (χ0) is 40.6. The number of nitrogens with zero attached hydrogens (tertiary/aromatic N) is 5. The number of aryl methyl sites for hydroxylation is 2. The molecule has 1 aliphatic carbocycles. The summed E-state index contributed by atoms with van der Waals surface area (Å²) in [5.41, 5.74) is 2.17. The van der Waals surface area contributed by atoms with Crippen molar-refractivity contribution in [3.05, 3.63) is 105 Å². The monoisotopic (exact) mass is 779 g/mol. The minimum atomic E-state index is -1.10. The van der Waals surface area contributed by atoms with Crippen molar-refractivity contribution in [3.8, 4) is 5.75 Å². The number of amides is 4. The number of ether oxygens (including phenoxy) is 1. The van der Waals surface area contributed by atoms with Crippen LogP contribution >= 0.6 is 0 Å². The summed E-state index contributed by atoms with van der Waals surface area (Å²) in [5, 5.41) is 16.6. The first-order chi connectivity index (χ1) is 27.3. The van der Waals surface area contributed by atoms with Crippen LogP contribution in [0.1, 0.15) is 80.2 Å². The second-order valence-corrected chi connectivity index (χ2v) is 15.8. The van der Waals surface area contributed by atoms with E-state index in [0.717, 1.165) is 24.0 Å². The molecule has 302 valence electrons. The molecular weight excluding hydrogens is 727 g/mol. The lowest BCUT2D eigenvalue weighted by Gasteiger charge is -2.25. The second-order valence-electron chi connectivity index (χ2n) is 15.8. The molecule has 57 heavy (non-hydrogen) atoms. The molecule has 4 N–H and O–H groups in total. The van der Waals surface area contributed by atoms with Gasteiger partial charge in [0.2, 0.25) is 23.6 Å². The van der Waals surface area contributed by atoms with Crippen LogP contribution in [-0.2, 0) is 51.5 Å². The van der Waals surface area contributed by atoms with E-state index in [1.165, 1.54) is 4.57 Å². The highest BCUT2D eigenvalue weighted by Gasteiger charge is 2.31. The van der Waals surface area contributed by atoms with Gasteiger partial charge >= 0.3 is 5.69 Å². The van der Waals surface area contributed by atoms with E-state index in [1.54, 1.807) is 55.8 Å². The summed E-state index contributed by atoms with van der Waals surface area (Å²) in [4.78, 5) is 76.6. The Balaban J connectivity index is 1.32. The zero-order valence-electron chi connectivity index (χ0n) is 33.3. The lowest BCUT2D eigenvalue weighted by Crippen LogP contribution is -2.54. The summed E-state index contributed by atoms with van der Waals surface area (Å²) in [6.45, 7) is 8.90. The quantitative estimate of drug-likeness (QED) is 0.198. The second kappa shape index (κ2) is 18.4. The fourth-order valence-electron chi connectivity index (χ4n) is 7.04. The van der Waals surface area contributed by atoms with E-state index in [2.05, 4.69) is 40.1 Å². The Labute approximate surface area is 332 Å². The van der Waals surface area contributed by atoms with Crippen molar-refractivity contribution in [2.24, 2.45) is 11.8 Å². The van der Waals surface area contributed by atoms with E-state index < -0.39 is 41.5 Å². The van der Waals surface area contributed by atoms with Crippen molar-refractivity contribution in [2.45, 2.75) is 110 Å². The van der Waals surface area contributed by atoms with Gasteiger partial charge in [-0.25, -0.2) is 14.5 Å². The van der Waals surface area contributed by atoms with Crippen LogP contribution in [0.3, 0.4) is 0 Å². The molecule has 2 aromatic carbocycles. The fraction of sp³-hybridized carbons (Fsp3) is 0.476. The van der Waals surface area contributed by atoms with Crippen molar-refractivity contribution in [1.82, 2.24) is 45.6 Å². The molecule has 4 heterocycles. The van der Waals surface area contributed by atoms with Crippen LogP contribution in [0, 0.1) is 25.7 Å². The third-order valence-electron chi connectivity index (χ3n) is 10.1. The minimum absolute atomic E-state index is 0.0851. The number of hydrogen-bond acceptors (Lipinski definition) is 9. The third kappa shape index (κ3) is 11.6. The number of fused-ring (bicyclic) bond motifs is 14. The molecule has 0 unspecified atom stereocenters. The van der Waals surface area contributed by atoms with Gasteiger partial charge in [-0.2, -0.15) is 10.1 Å². The summed E-state index contributed by atoms with van der Waals surface area (Å²) >= 11 is 0. The zero-order valence-corrected chi connectivity index (χ0v) is 33.3. The van der Waals surface area contributed by atoms with Crippen molar-refractivity contribution < 1.29 is 23.9 Å². The van der Waals surface area contributed by atoms with Crippen molar-refractivity contribution in [2.75, 3.05) is 6.61 Å². The van der Waals surface area contributed by atoms with E-state index >= 15 is 0 Å². The number of hydrogen-bond donors (Lipinski definition) is 4. The maximum absolute atomic E-state index is 14.0. The highest BCUT2D eigenvalue weighted by Crippen LogP contribution is 2.32. The van der Waals surface area contributed by atoms with Crippen LogP contribution in [0.25, 0.3) is 0 Å². The molecule has 7 rings (SSSR count). The molecule has 4 amide bonds. The van der Waals surface area contributed by atoms with Gasteiger partial charge in [-0.3, -0.25) is 23.7 Å². The van der Waals surface area contributed by atoms with Gasteiger partial charge in [0.1, 0.15) is 37.5 Å². The Morgan fingerprint density at radius 1 is 0.930 bits per heavy atom. The number of carbonyl (C=O) groups is 4. The van der Waals surface area contributed by atoms with E-state index in [1.807, 2.05) is 30.3 Å². The highest BCUT2D eigenvalue weighted by atomic mass is 16.5. The maximum atomic E-state index is 14.0. The Hall–Kier alpha value is -5.86. The van der Waals surface area contributed by atoms with Crippen LogP contribution in [0.15, 0.2) is 65.5 Å². The first-order valence-electron chi connectivity index (χ1n) is 19.7. The first kappa shape index (κ1) is 40.8. The molecule has 4 aromatic rings. The summed E-state index contributed by atoms with van der Waals surface area (Å²) in [6.07, 6.45) is 3.96. The molecule has 4 atom stereocenters. The van der Waals surface area contributed by atoms with E-state index in [4.69, 9.17) is 14.8 Å². The van der Waals surface area contributed by atoms with Gasteiger partial charge in [-0.15, -0.1) is 0 Å².